The minimum absolute atomic E-state index is 0.00270. The van der Waals surface area contributed by atoms with Gasteiger partial charge >= 0.3 is 6.95 Å². The number of rotatable bonds is 3. The number of hydrogen-bond acceptors (Lipinski definition) is 2. The monoisotopic (exact) mass is 156 g/mol. The quantitative estimate of drug-likeness (QED) is 0.498. The Balaban J connectivity index is 3.40. The van der Waals surface area contributed by atoms with Crippen LogP contribution in [0.4, 0.5) is 0 Å². The van der Waals surface area contributed by atoms with Crippen molar-refractivity contribution < 1.29 is 14.0 Å². The van der Waals surface area contributed by atoms with E-state index in [9.17, 15) is 4.57 Å². The Bertz CT molecular complexity index is 118. The van der Waals surface area contributed by atoms with Crippen molar-refractivity contribution in [1.29, 1.82) is 0 Å². The highest BCUT2D eigenvalue weighted by Gasteiger charge is 2.10. The van der Waals surface area contributed by atoms with Crippen molar-refractivity contribution in [3.8, 4) is 0 Å². The van der Waals surface area contributed by atoms with E-state index in [0.29, 0.717) is 0 Å². The molecule has 0 aliphatic heterocycles. The zero-order valence-corrected chi connectivity index (χ0v) is 5.73. The highest BCUT2D eigenvalue weighted by molar-refractivity contribution is 7.80. The van der Waals surface area contributed by atoms with Gasteiger partial charge in [0.1, 0.15) is 0 Å². The van der Waals surface area contributed by atoms with Crippen LogP contribution in [-0.2, 0) is 9.09 Å². The third-order valence-electron chi connectivity index (χ3n) is 0.352. The molecule has 8 heavy (non-hydrogen) atoms. The molecule has 0 aromatic heterocycles. The molecule has 5 heteroatoms. The van der Waals surface area contributed by atoms with Gasteiger partial charge in [-0.05, 0) is 0 Å². The first-order valence-corrected chi connectivity index (χ1v) is 4.32. The van der Waals surface area contributed by atoms with Crippen molar-refractivity contribution in [2.45, 2.75) is 0 Å². The summed E-state index contributed by atoms with van der Waals surface area (Å²) in [5.74, 6) is 0. The van der Waals surface area contributed by atoms with Crippen molar-refractivity contribution in [2.24, 2.45) is 0 Å². The van der Waals surface area contributed by atoms with Crippen LogP contribution in [0.5, 0.6) is 0 Å². The molecule has 0 bridgehead atoms. The van der Waals surface area contributed by atoms with Gasteiger partial charge in [0, 0.05) is 11.2 Å². The minimum Gasteiger partial charge on any atom is -0.313 e. The average Bonchev–Trinajstić information content (AvgIpc) is 1.59. The highest BCUT2D eigenvalue weighted by atomic mass is 35.7. The van der Waals surface area contributed by atoms with Gasteiger partial charge in [-0.2, -0.15) is 0 Å². The van der Waals surface area contributed by atoms with Crippen LogP contribution in [0.15, 0.2) is 12.7 Å². The summed E-state index contributed by atoms with van der Waals surface area (Å²) in [6, 6.07) is 0. The third-order valence-corrected chi connectivity index (χ3v) is 1.11. The smallest absolute Gasteiger partial charge is 0.313 e. The zero-order valence-electron chi connectivity index (χ0n) is 4.08. The molecule has 0 amide bonds. The Morgan fingerprint density at radius 2 is 2.50 bits per heavy atom. The lowest BCUT2D eigenvalue weighted by Crippen LogP contribution is -1.81. The van der Waals surface area contributed by atoms with Crippen molar-refractivity contribution in [2.75, 3.05) is 6.61 Å². The first-order chi connectivity index (χ1) is 3.56. The number of hydrogen-bond donors (Lipinski definition) is 1. The predicted molar refractivity (Wildman–Crippen MR) is 31.8 cm³/mol. The molecule has 0 fully saturated rings. The van der Waals surface area contributed by atoms with E-state index in [0.717, 1.165) is 0 Å². The summed E-state index contributed by atoms with van der Waals surface area (Å²) in [5, 5.41) is 0. The highest BCUT2D eigenvalue weighted by Crippen LogP contribution is 2.47. The first-order valence-electron chi connectivity index (χ1n) is 1.84. The van der Waals surface area contributed by atoms with Gasteiger partial charge in [0.25, 0.3) is 0 Å². The SMILES string of the molecule is C=CCOP(=O)(O)Cl. The Morgan fingerprint density at radius 3 is 2.62 bits per heavy atom. The Labute approximate surface area is 52.2 Å². The maximum atomic E-state index is 10.0. The van der Waals surface area contributed by atoms with Gasteiger partial charge in [0.2, 0.25) is 0 Å². The van der Waals surface area contributed by atoms with Gasteiger partial charge in [0.15, 0.2) is 0 Å². The lowest BCUT2D eigenvalue weighted by Gasteiger charge is -1.98. The standard InChI is InChI=1S/C3H6ClO3P/c1-2-3-7-8(4,5)6/h2H,1,3H2,(H,5,6). The van der Waals surface area contributed by atoms with E-state index in [1.807, 2.05) is 0 Å². The second kappa shape index (κ2) is 3.25. The van der Waals surface area contributed by atoms with Crippen LogP contribution in [0.3, 0.4) is 0 Å². The maximum Gasteiger partial charge on any atom is 0.421 e. The molecule has 48 valence electrons. The van der Waals surface area contributed by atoms with E-state index in [-0.39, 0.29) is 6.61 Å². The molecule has 0 saturated heterocycles. The third kappa shape index (κ3) is 6.18. The van der Waals surface area contributed by atoms with E-state index < -0.39 is 6.95 Å². The van der Waals surface area contributed by atoms with E-state index in [4.69, 9.17) is 16.1 Å². The van der Waals surface area contributed by atoms with Crippen LogP contribution in [0.2, 0.25) is 0 Å². The zero-order chi connectivity index (χ0) is 6.62. The topological polar surface area (TPSA) is 46.5 Å². The molecule has 0 radical (unpaired) electrons. The van der Waals surface area contributed by atoms with E-state index >= 15 is 0 Å². The van der Waals surface area contributed by atoms with Gasteiger partial charge < -0.3 is 4.89 Å². The molecular weight excluding hydrogens is 150 g/mol. The molecule has 1 atom stereocenters. The maximum absolute atomic E-state index is 10.0. The molecule has 0 spiro atoms. The summed E-state index contributed by atoms with van der Waals surface area (Å²) in [6.07, 6.45) is 1.34. The second-order valence-corrected chi connectivity index (χ2v) is 3.48. The van der Waals surface area contributed by atoms with Gasteiger partial charge in [-0.15, -0.1) is 6.58 Å². The van der Waals surface area contributed by atoms with E-state index in [1.165, 1.54) is 6.08 Å². The van der Waals surface area contributed by atoms with Crippen molar-refractivity contribution in [1.82, 2.24) is 0 Å². The molecule has 0 aromatic carbocycles. The number of halogens is 1. The fourth-order valence-electron chi connectivity index (χ4n) is 0.145. The van der Waals surface area contributed by atoms with Crippen molar-refractivity contribution >= 4 is 18.2 Å². The van der Waals surface area contributed by atoms with Crippen LogP contribution in [0, 0.1) is 0 Å². The molecule has 1 unspecified atom stereocenters. The minimum atomic E-state index is -3.78. The molecule has 0 heterocycles. The van der Waals surface area contributed by atoms with Crippen molar-refractivity contribution in [3.05, 3.63) is 12.7 Å². The fraction of sp³-hybridized carbons (Fsp3) is 0.333. The van der Waals surface area contributed by atoms with Gasteiger partial charge in [-0.3, -0.25) is 4.52 Å². The Kier molecular flexibility index (Phi) is 3.33. The lowest BCUT2D eigenvalue weighted by atomic mass is 10.7. The van der Waals surface area contributed by atoms with E-state index in [2.05, 4.69) is 11.1 Å². The summed E-state index contributed by atoms with van der Waals surface area (Å²) in [6.45, 7) is -0.536. The van der Waals surface area contributed by atoms with Crippen LogP contribution >= 0.6 is 18.2 Å². The summed E-state index contributed by atoms with van der Waals surface area (Å²) >= 11 is 4.75. The molecule has 3 nitrogen and oxygen atoms in total. The summed E-state index contributed by atoms with van der Waals surface area (Å²) in [7, 11) is 0. The van der Waals surface area contributed by atoms with Gasteiger partial charge in [-0.1, -0.05) is 6.08 Å². The van der Waals surface area contributed by atoms with E-state index in [1.54, 1.807) is 0 Å². The Hall–Kier alpha value is 0.180. The Morgan fingerprint density at radius 1 is 2.00 bits per heavy atom. The second-order valence-electron chi connectivity index (χ2n) is 1.04. The van der Waals surface area contributed by atoms with Gasteiger partial charge in [-0.25, -0.2) is 4.57 Å². The molecule has 0 saturated carbocycles. The summed E-state index contributed by atoms with van der Waals surface area (Å²) in [5.41, 5.74) is 0. The van der Waals surface area contributed by atoms with Crippen LogP contribution in [-0.4, -0.2) is 11.5 Å². The largest absolute Gasteiger partial charge is 0.421 e. The molecule has 0 aromatic rings. The first kappa shape index (κ1) is 8.18. The van der Waals surface area contributed by atoms with Crippen LogP contribution < -0.4 is 0 Å². The molecular formula is C3H6ClO3P. The van der Waals surface area contributed by atoms with Crippen LogP contribution in [0.1, 0.15) is 0 Å². The summed E-state index contributed by atoms with van der Waals surface area (Å²) in [4.78, 5) is 8.20. The van der Waals surface area contributed by atoms with Crippen LogP contribution in [0.25, 0.3) is 0 Å². The molecule has 0 rings (SSSR count). The normalized spacial score (nSPS) is 17.2. The van der Waals surface area contributed by atoms with Gasteiger partial charge in [0.05, 0.1) is 6.61 Å². The summed E-state index contributed by atoms with van der Waals surface area (Å²) < 4.78 is 14.2. The molecule has 1 N–H and O–H groups in total. The lowest BCUT2D eigenvalue weighted by molar-refractivity contribution is 0.304. The predicted octanol–water partition coefficient (Wildman–Crippen LogP) is 1.53. The molecule has 0 aliphatic carbocycles. The molecule has 0 aliphatic rings. The average molecular weight is 157 g/mol. The van der Waals surface area contributed by atoms with Crippen molar-refractivity contribution in [3.63, 3.8) is 0 Å². The fourth-order valence-corrected chi connectivity index (χ4v) is 0.603.